The van der Waals surface area contributed by atoms with Gasteiger partial charge < -0.3 is 11.5 Å². The highest BCUT2D eigenvalue weighted by atomic mass is 16.2. The molecule has 0 saturated carbocycles. The van der Waals surface area contributed by atoms with Gasteiger partial charge in [0, 0.05) is 6.20 Å². The largest absolute Gasteiger partial charge is 0.382 e. The SMILES string of the molecule is CC(C(=O)NC(N)=O)n1ccc(N)n1. The van der Waals surface area contributed by atoms with E-state index in [2.05, 4.69) is 5.10 Å². The summed E-state index contributed by atoms with van der Waals surface area (Å²) >= 11 is 0. The number of anilines is 1. The fourth-order valence-corrected chi connectivity index (χ4v) is 0.914. The molecule has 1 rings (SSSR count). The number of carbonyl (C=O) groups excluding carboxylic acids is 2. The molecule has 0 fully saturated rings. The highest BCUT2D eigenvalue weighted by Gasteiger charge is 2.16. The zero-order valence-electron chi connectivity index (χ0n) is 7.60. The molecule has 7 nitrogen and oxygen atoms in total. The van der Waals surface area contributed by atoms with E-state index in [4.69, 9.17) is 11.5 Å². The number of imide groups is 1. The maximum absolute atomic E-state index is 11.2. The Labute approximate surface area is 80.1 Å². The van der Waals surface area contributed by atoms with E-state index in [1.165, 1.54) is 4.68 Å². The number of carbonyl (C=O) groups is 2. The van der Waals surface area contributed by atoms with Gasteiger partial charge in [-0.3, -0.25) is 14.8 Å². The molecule has 1 aromatic rings. The van der Waals surface area contributed by atoms with Gasteiger partial charge in [-0.25, -0.2) is 4.79 Å². The molecule has 14 heavy (non-hydrogen) atoms. The highest BCUT2D eigenvalue weighted by molar-refractivity contribution is 5.95. The van der Waals surface area contributed by atoms with Gasteiger partial charge in [0.2, 0.25) is 0 Å². The summed E-state index contributed by atoms with van der Waals surface area (Å²) < 4.78 is 1.34. The molecule has 0 aliphatic heterocycles. The van der Waals surface area contributed by atoms with Crippen LogP contribution in [0.15, 0.2) is 12.3 Å². The molecule has 7 heteroatoms. The van der Waals surface area contributed by atoms with Gasteiger partial charge >= 0.3 is 6.03 Å². The van der Waals surface area contributed by atoms with Crippen molar-refractivity contribution in [3.63, 3.8) is 0 Å². The average molecular weight is 197 g/mol. The van der Waals surface area contributed by atoms with E-state index in [0.29, 0.717) is 5.82 Å². The third-order valence-electron chi connectivity index (χ3n) is 1.65. The monoisotopic (exact) mass is 197 g/mol. The van der Waals surface area contributed by atoms with Crippen molar-refractivity contribution in [2.24, 2.45) is 5.73 Å². The smallest absolute Gasteiger partial charge is 0.318 e. The Morgan fingerprint density at radius 1 is 1.64 bits per heavy atom. The lowest BCUT2D eigenvalue weighted by Crippen LogP contribution is -2.39. The van der Waals surface area contributed by atoms with E-state index in [0.717, 1.165) is 0 Å². The van der Waals surface area contributed by atoms with Crippen molar-refractivity contribution in [2.75, 3.05) is 5.73 Å². The molecular formula is C7H11N5O2. The van der Waals surface area contributed by atoms with Gasteiger partial charge in [0.05, 0.1) is 0 Å². The van der Waals surface area contributed by atoms with Crippen molar-refractivity contribution in [2.45, 2.75) is 13.0 Å². The van der Waals surface area contributed by atoms with Crippen molar-refractivity contribution in [1.82, 2.24) is 15.1 Å². The summed E-state index contributed by atoms with van der Waals surface area (Å²) in [5.41, 5.74) is 10.2. The highest BCUT2D eigenvalue weighted by Crippen LogP contribution is 2.06. The molecule has 0 aliphatic rings. The van der Waals surface area contributed by atoms with Gasteiger partial charge in [0.25, 0.3) is 5.91 Å². The second-order valence-electron chi connectivity index (χ2n) is 2.75. The molecule has 1 aromatic heterocycles. The second-order valence-corrected chi connectivity index (χ2v) is 2.75. The number of nitrogens with zero attached hydrogens (tertiary/aromatic N) is 2. The summed E-state index contributed by atoms with van der Waals surface area (Å²) in [4.78, 5) is 21.6. The molecule has 0 saturated heterocycles. The quantitative estimate of drug-likeness (QED) is 0.576. The van der Waals surface area contributed by atoms with Crippen molar-refractivity contribution < 1.29 is 9.59 Å². The van der Waals surface area contributed by atoms with Gasteiger partial charge in [-0.15, -0.1) is 0 Å². The second kappa shape index (κ2) is 3.77. The number of primary amides is 1. The topological polar surface area (TPSA) is 116 Å². The van der Waals surface area contributed by atoms with Crippen LogP contribution in [0, 0.1) is 0 Å². The Hall–Kier alpha value is -2.05. The maximum atomic E-state index is 11.2. The average Bonchev–Trinajstić information content (AvgIpc) is 2.49. The fraction of sp³-hybridized carbons (Fsp3) is 0.286. The maximum Gasteiger partial charge on any atom is 0.318 e. The number of nitrogens with one attached hydrogen (secondary N) is 1. The molecule has 5 N–H and O–H groups in total. The van der Waals surface area contributed by atoms with E-state index in [9.17, 15) is 9.59 Å². The number of amides is 3. The van der Waals surface area contributed by atoms with Crippen molar-refractivity contribution in [1.29, 1.82) is 0 Å². The normalized spacial score (nSPS) is 12.1. The van der Waals surface area contributed by atoms with Crippen LogP contribution in [-0.4, -0.2) is 21.7 Å². The molecular weight excluding hydrogens is 186 g/mol. The predicted molar refractivity (Wildman–Crippen MR) is 49.1 cm³/mol. The fourth-order valence-electron chi connectivity index (χ4n) is 0.914. The summed E-state index contributed by atoms with van der Waals surface area (Å²) in [7, 11) is 0. The van der Waals surface area contributed by atoms with Crippen LogP contribution < -0.4 is 16.8 Å². The van der Waals surface area contributed by atoms with Crippen LogP contribution in [0.3, 0.4) is 0 Å². The number of aromatic nitrogens is 2. The summed E-state index contributed by atoms with van der Waals surface area (Å²) in [6.45, 7) is 1.57. The summed E-state index contributed by atoms with van der Waals surface area (Å²) in [6, 6.07) is 0.0374. The first kappa shape index (κ1) is 10.0. The molecule has 1 unspecified atom stereocenters. The van der Waals surface area contributed by atoms with Crippen LogP contribution in [0.25, 0.3) is 0 Å². The third kappa shape index (κ3) is 2.22. The van der Waals surface area contributed by atoms with Crippen molar-refractivity contribution >= 4 is 17.8 Å². The number of nitrogens with two attached hydrogens (primary N) is 2. The zero-order chi connectivity index (χ0) is 10.7. The summed E-state index contributed by atoms with van der Waals surface area (Å²) in [5, 5.41) is 5.77. The molecule has 1 atom stereocenters. The Bertz CT molecular complexity index is 359. The molecule has 0 spiro atoms. The zero-order valence-corrected chi connectivity index (χ0v) is 7.60. The number of hydrogen-bond donors (Lipinski definition) is 3. The minimum Gasteiger partial charge on any atom is -0.382 e. The minimum atomic E-state index is -0.887. The number of urea groups is 1. The van der Waals surface area contributed by atoms with Crippen molar-refractivity contribution in [3.05, 3.63) is 12.3 Å². The van der Waals surface area contributed by atoms with Crippen LogP contribution in [0.2, 0.25) is 0 Å². The summed E-state index contributed by atoms with van der Waals surface area (Å²) in [6.07, 6.45) is 1.54. The first-order chi connectivity index (χ1) is 6.50. The number of nitrogen functional groups attached to an aromatic ring is 1. The van der Waals surface area contributed by atoms with Gasteiger partial charge in [-0.1, -0.05) is 0 Å². The molecule has 1 heterocycles. The first-order valence-corrected chi connectivity index (χ1v) is 3.91. The molecule has 76 valence electrons. The lowest BCUT2D eigenvalue weighted by molar-refractivity contribution is -0.122. The molecule has 0 bridgehead atoms. The van der Waals surface area contributed by atoms with Gasteiger partial charge in [-0.2, -0.15) is 5.10 Å². The van der Waals surface area contributed by atoms with E-state index >= 15 is 0 Å². The Kier molecular flexibility index (Phi) is 2.70. The first-order valence-electron chi connectivity index (χ1n) is 3.91. The lowest BCUT2D eigenvalue weighted by Gasteiger charge is -2.09. The van der Waals surface area contributed by atoms with Crippen LogP contribution in [0.5, 0.6) is 0 Å². The lowest BCUT2D eigenvalue weighted by atomic mass is 10.3. The third-order valence-corrected chi connectivity index (χ3v) is 1.65. The minimum absolute atomic E-state index is 0.309. The van der Waals surface area contributed by atoms with Crippen LogP contribution in [0.4, 0.5) is 10.6 Å². The van der Waals surface area contributed by atoms with Crippen LogP contribution in [0.1, 0.15) is 13.0 Å². The van der Waals surface area contributed by atoms with Crippen molar-refractivity contribution in [3.8, 4) is 0 Å². The Morgan fingerprint density at radius 3 is 2.71 bits per heavy atom. The number of rotatable bonds is 2. The van der Waals surface area contributed by atoms with E-state index in [-0.39, 0.29) is 0 Å². The molecule has 3 amide bonds. The molecule has 0 aromatic carbocycles. The van der Waals surface area contributed by atoms with Gasteiger partial charge in [0.1, 0.15) is 11.9 Å². The number of hydrogen-bond acceptors (Lipinski definition) is 4. The molecule has 0 radical (unpaired) electrons. The Morgan fingerprint density at radius 2 is 2.29 bits per heavy atom. The van der Waals surface area contributed by atoms with E-state index in [1.807, 2.05) is 5.32 Å². The van der Waals surface area contributed by atoms with E-state index in [1.54, 1.807) is 19.2 Å². The summed E-state index contributed by atoms with van der Waals surface area (Å²) in [5.74, 6) is -0.218. The Balaban J connectivity index is 2.70. The van der Waals surface area contributed by atoms with E-state index < -0.39 is 18.0 Å². The van der Waals surface area contributed by atoms with Crippen LogP contribution >= 0.6 is 0 Å². The van der Waals surface area contributed by atoms with Gasteiger partial charge in [0.15, 0.2) is 0 Å². The standard InChI is InChI=1S/C7H11N5O2/c1-4(6(13)10-7(9)14)12-3-2-5(8)11-12/h2-4H,1H3,(H2,8,11)(H3,9,10,13,14). The van der Waals surface area contributed by atoms with Gasteiger partial charge in [-0.05, 0) is 13.0 Å². The molecule has 0 aliphatic carbocycles. The van der Waals surface area contributed by atoms with Crippen LogP contribution in [-0.2, 0) is 4.79 Å². The predicted octanol–water partition coefficient (Wildman–Crippen LogP) is -0.779.